The minimum atomic E-state index is -0.342. The number of nitrogens with zero attached hydrogens (tertiary/aromatic N) is 1. The van der Waals surface area contributed by atoms with E-state index in [1.165, 1.54) is 0 Å². The summed E-state index contributed by atoms with van der Waals surface area (Å²) in [5.41, 5.74) is 2.79. The van der Waals surface area contributed by atoms with Crippen LogP contribution in [0.25, 0.3) is 0 Å². The van der Waals surface area contributed by atoms with Crippen molar-refractivity contribution >= 4 is 11.8 Å². The number of rotatable bonds is 3. The number of hydrogen-bond acceptors (Lipinski definition) is 3. The summed E-state index contributed by atoms with van der Waals surface area (Å²) in [5.74, 6) is 0.0656. The van der Waals surface area contributed by atoms with Crippen LogP contribution in [-0.4, -0.2) is 48.6 Å². The Hall–Kier alpha value is -1.88. The van der Waals surface area contributed by atoms with Crippen molar-refractivity contribution in [1.29, 1.82) is 0 Å². The Labute approximate surface area is 143 Å². The van der Waals surface area contributed by atoms with E-state index in [1.54, 1.807) is 4.90 Å². The standard InChI is InChI=1S/C19H26N2O3/c1-13-5-6-14(2)16(12-13)18(22)17-4-3-9-21(17)19(23)20-15-7-10-24-11-8-15/h5-6,12,15,17H,3-4,7-11H2,1-2H3,(H,20,23). The fourth-order valence-electron chi connectivity index (χ4n) is 3.56. The predicted octanol–water partition coefficient (Wildman–Crippen LogP) is 2.84. The van der Waals surface area contributed by atoms with Gasteiger partial charge < -0.3 is 15.0 Å². The second-order valence-corrected chi connectivity index (χ2v) is 6.87. The highest BCUT2D eigenvalue weighted by Crippen LogP contribution is 2.24. The third-order valence-corrected chi connectivity index (χ3v) is 5.02. The molecule has 2 aliphatic rings. The molecular formula is C19H26N2O3. The fourth-order valence-corrected chi connectivity index (χ4v) is 3.56. The molecule has 5 nitrogen and oxygen atoms in total. The Balaban J connectivity index is 1.71. The molecule has 130 valence electrons. The van der Waals surface area contributed by atoms with Gasteiger partial charge >= 0.3 is 6.03 Å². The molecule has 1 atom stereocenters. The number of likely N-dealkylation sites (tertiary alicyclic amines) is 1. The van der Waals surface area contributed by atoms with Gasteiger partial charge in [0, 0.05) is 31.4 Å². The molecule has 2 amide bonds. The summed E-state index contributed by atoms with van der Waals surface area (Å²) >= 11 is 0. The van der Waals surface area contributed by atoms with E-state index >= 15 is 0 Å². The quantitative estimate of drug-likeness (QED) is 0.867. The number of Topliss-reactive ketones (excluding diaryl/α,β-unsaturated/α-hetero) is 1. The summed E-state index contributed by atoms with van der Waals surface area (Å²) in [5, 5.41) is 3.08. The number of carbonyl (C=O) groups excluding carboxylic acids is 2. The number of hydrogen-bond donors (Lipinski definition) is 1. The van der Waals surface area contributed by atoms with E-state index in [2.05, 4.69) is 5.32 Å². The molecule has 1 N–H and O–H groups in total. The minimum absolute atomic E-state index is 0.0656. The highest BCUT2D eigenvalue weighted by molar-refractivity contribution is 6.03. The maximum absolute atomic E-state index is 13.0. The number of ether oxygens (including phenoxy) is 1. The van der Waals surface area contributed by atoms with Gasteiger partial charge in [0.25, 0.3) is 0 Å². The van der Waals surface area contributed by atoms with E-state index in [9.17, 15) is 9.59 Å². The number of ketones is 1. The molecule has 24 heavy (non-hydrogen) atoms. The Morgan fingerprint density at radius 3 is 2.67 bits per heavy atom. The summed E-state index contributed by atoms with van der Waals surface area (Å²) < 4.78 is 5.33. The first-order valence-electron chi connectivity index (χ1n) is 8.82. The maximum atomic E-state index is 13.0. The summed E-state index contributed by atoms with van der Waals surface area (Å²) in [6.45, 7) is 5.97. The van der Waals surface area contributed by atoms with Gasteiger partial charge in [0.15, 0.2) is 5.78 Å². The number of benzene rings is 1. The van der Waals surface area contributed by atoms with E-state index in [4.69, 9.17) is 4.74 Å². The van der Waals surface area contributed by atoms with Crippen molar-refractivity contribution in [1.82, 2.24) is 10.2 Å². The lowest BCUT2D eigenvalue weighted by Gasteiger charge is -2.29. The molecule has 0 saturated carbocycles. The molecule has 0 radical (unpaired) electrons. The van der Waals surface area contributed by atoms with E-state index in [0.717, 1.165) is 42.4 Å². The fraction of sp³-hybridized carbons (Fsp3) is 0.579. The van der Waals surface area contributed by atoms with E-state index < -0.39 is 0 Å². The molecule has 2 saturated heterocycles. The first kappa shape index (κ1) is 17.0. The van der Waals surface area contributed by atoms with Gasteiger partial charge in [-0.2, -0.15) is 0 Å². The van der Waals surface area contributed by atoms with E-state index in [1.807, 2.05) is 32.0 Å². The van der Waals surface area contributed by atoms with Crippen molar-refractivity contribution in [3.05, 3.63) is 34.9 Å². The van der Waals surface area contributed by atoms with Gasteiger partial charge in [0.2, 0.25) is 0 Å². The second-order valence-electron chi connectivity index (χ2n) is 6.87. The topological polar surface area (TPSA) is 58.6 Å². The van der Waals surface area contributed by atoms with Gasteiger partial charge in [0.05, 0.1) is 6.04 Å². The van der Waals surface area contributed by atoms with Crippen LogP contribution in [0.15, 0.2) is 18.2 Å². The number of nitrogens with one attached hydrogen (secondary N) is 1. The molecule has 2 heterocycles. The lowest BCUT2D eigenvalue weighted by Crippen LogP contribution is -2.50. The third-order valence-electron chi connectivity index (χ3n) is 5.02. The number of amides is 2. The zero-order valence-corrected chi connectivity index (χ0v) is 14.5. The third kappa shape index (κ3) is 3.61. The number of aryl methyl sites for hydroxylation is 2. The highest BCUT2D eigenvalue weighted by atomic mass is 16.5. The largest absolute Gasteiger partial charge is 0.381 e. The van der Waals surface area contributed by atoms with E-state index in [-0.39, 0.29) is 23.9 Å². The lowest BCUT2D eigenvalue weighted by atomic mass is 9.96. The van der Waals surface area contributed by atoms with Crippen LogP contribution >= 0.6 is 0 Å². The predicted molar refractivity (Wildman–Crippen MR) is 92.3 cm³/mol. The van der Waals surface area contributed by atoms with Crippen molar-refractivity contribution in [2.75, 3.05) is 19.8 Å². The molecule has 1 aromatic rings. The second kappa shape index (κ2) is 7.34. The zero-order chi connectivity index (χ0) is 17.1. The van der Waals surface area contributed by atoms with Crippen LogP contribution < -0.4 is 5.32 Å². The Morgan fingerprint density at radius 1 is 1.17 bits per heavy atom. The summed E-state index contributed by atoms with van der Waals surface area (Å²) in [4.78, 5) is 27.3. The normalized spacial score (nSPS) is 21.8. The molecule has 0 aliphatic carbocycles. The molecular weight excluding hydrogens is 304 g/mol. The summed E-state index contributed by atoms with van der Waals surface area (Å²) in [7, 11) is 0. The molecule has 2 fully saturated rings. The van der Waals surface area contributed by atoms with Gasteiger partial charge in [-0.1, -0.05) is 17.7 Å². The van der Waals surface area contributed by atoms with Gasteiger partial charge in [-0.15, -0.1) is 0 Å². The molecule has 2 aliphatic heterocycles. The van der Waals surface area contributed by atoms with Gasteiger partial charge in [-0.25, -0.2) is 4.79 Å². The van der Waals surface area contributed by atoms with Gasteiger partial charge in [-0.3, -0.25) is 4.79 Å². The molecule has 0 spiro atoms. The average Bonchev–Trinajstić information content (AvgIpc) is 3.07. The first-order chi connectivity index (χ1) is 11.6. The van der Waals surface area contributed by atoms with Crippen LogP contribution in [-0.2, 0) is 4.74 Å². The van der Waals surface area contributed by atoms with E-state index in [0.29, 0.717) is 19.8 Å². The van der Waals surface area contributed by atoms with Crippen molar-refractivity contribution in [3.8, 4) is 0 Å². The summed E-state index contributed by atoms with van der Waals surface area (Å²) in [6, 6.07) is 5.63. The SMILES string of the molecule is Cc1ccc(C)c(C(=O)C2CCCN2C(=O)NC2CCOCC2)c1. The van der Waals surface area contributed by atoms with Crippen LogP contribution in [0.5, 0.6) is 0 Å². The van der Waals surface area contributed by atoms with Crippen molar-refractivity contribution < 1.29 is 14.3 Å². The highest BCUT2D eigenvalue weighted by Gasteiger charge is 2.35. The Bertz CT molecular complexity index is 623. The first-order valence-corrected chi connectivity index (χ1v) is 8.82. The van der Waals surface area contributed by atoms with Gasteiger partial charge in [0.1, 0.15) is 0 Å². The molecule has 5 heteroatoms. The molecule has 1 aromatic carbocycles. The van der Waals surface area contributed by atoms with Gasteiger partial charge in [-0.05, 0) is 51.2 Å². The zero-order valence-electron chi connectivity index (χ0n) is 14.5. The van der Waals surface area contributed by atoms with Crippen molar-refractivity contribution in [2.45, 2.75) is 51.6 Å². The maximum Gasteiger partial charge on any atom is 0.318 e. The van der Waals surface area contributed by atoms with Crippen LogP contribution in [0, 0.1) is 13.8 Å². The number of urea groups is 1. The molecule has 0 bridgehead atoms. The smallest absolute Gasteiger partial charge is 0.318 e. The van der Waals surface area contributed by atoms with Crippen molar-refractivity contribution in [2.24, 2.45) is 0 Å². The average molecular weight is 330 g/mol. The molecule has 3 rings (SSSR count). The van der Waals surface area contributed by atoms with Crippen LogP contribution in [0.1, 0.15) is 47.2 Å². The van der Waals surface area contributed by atoms with Crippen LogP contribution in [0.3, 0.4) is 0 Å². The lowest BCUT2D eigenvalue weighted by molar-refractivity contribution is 0.0758. The monoisotopic (exact) mass is 330 g/mol. The Morgan fingerprint density at radius 2 is 1.92 bits per heavy atom. The number of carbonyl (C=O) groups is 2. The van der Waals surface area contributed by atoms with Crippen LogP contribution in [0.4, 0.5) is 4.79 Å². The minimum Gasteiger partial charge on any atom is -0.381 e. The summed E-state index contributed by atoms with van der Waals surface area (Å²) in [6.07, 6.45) is 3.31. The van der Waals surface area contributed by atoms with Crippen molar-refractivity contribution in [3.63, 3.8) is 0 Å². The Kier molecular flexibility index (Phi) is 5.19. The van der Waals surface area contributed by atoms with Crippen LogP contribution in [0.2, 0.25) is 0 Å². The molecule has 1 unspecified atom stereocenters. The molecule has 0 aromatic heterocycles.